The second kappa shape index (κ2) is 7.71. The summed E-state index contributed by atoms with van der Waals surface area (Å²) in [5, 5.41) is 3.13. The highest BCUT2D eigenvalue weighted by atomic mass is 33.1. The van der Waals surface area contributed by atoms with Gasteiger partial charge in [-0.05, 0) is 35.7 Å². The van der Waals surface area contributed by atoms with Gasteiger partial charge in [-0.15, -0.1) is 0 Å². The molecule has 0 atom stereocenters. The Labute approximate surface area is 106 Å². The van der Waals surface area contributed by atoms with Gasteiger partial charge in [0.25, 0.3) is 0 Å². The smallest absolute Gasteiger partial charge is 0.316 e. The van der Waals surface area contributed by atoms with E-state index < -0.39 is 9.15 Å². The Morgan fingerprint density at radius 1 is 1.18 bits per heavy atom. The number of hydrogen-bond acceptors (Lipinski definition) is 4. The van der Waals surface area contributed by atoms with Crippen LogP contribution in [0.4, 0.5) is 0 Å². The lowest BCUT2D eigenvalue weighted by atomic mass is 10.1. The zero-order valence-electron chi connectivity index (χ0n) is 9.50. The van der Waals surface area contributed by atoms with Crippen LogP contribution >= 0.6 is 10.8 Å². The average molecular weight is 275 g/mol. The number of nitrogens with one attached hydrogen (secondary N) is 1. The fourth-order valence-corrected chi connectivity index (χ4v) is 2.73. The first-order valence-electron chi connectivity index (χ1n) is 5.44. The van der Waals surface area contributed by atoms with Gasteiger partial charge in [-0.3, -0.25) is 4.55 Å². The summed E-state index contributed by atoms with van der Waals surface area (Å²) in [6.45, 7) is 1.43. The molecule has 4 nitrogen and oxygen atoms in total. The topological polar surface area (TPSA) is 66.4 Å². The quantitative estimate of drug-likeness (QED) is 0.430. The number of rotatable bonds is 8. The molecule has 0 fully saturated rings. The van der Waals surface area contributed by atoms with Crippen molar-refractivity contribution in [1.82, 2.24) is 5.32 Å². The lowest BCUT2D eigenvalue weighted by molar-refractivity contribution is 0.503. The SMILES string of the molecule is O=S(=O)(O)SCCNCCCc1ccccc1. The van der Waals surface area contributed by atoms with E-state index in [1.165, 1.54) is 5.56 Å². The van der Waals surface area contributed by atoms with Crippen molar-refractivity contribution in [2.75, 3.05) is 18.8 Å². The van der Waals surface area contributed by atoms with Gasteiger partial charge >= 0.3 is 9.15 Å². The number of hydrogen-bond donors (Lipinski definition) is 2. The van der Waals surface area contributed by atoms with Crippen molar-refractivity contribution >= 4 is 19.9 Å². The molecule has 0 heterocycles. The minimum Gasteiger partial charge on any atom is -0.316 e. The van der Waals surface area contributed by atoms with Crippen LogP contribution in [0.1, 0.15) is 12.0 Å². The molecular formula is C11H17NO3S2. The molecule has 2 N–H and O–H groups in total. The van der Waals surface area contributed by atoms with Gasteiger partial charge in [0.2, 0.25) is 0 Å². The van der Waals surface area contributed by atoms with Crippen molar-refractivity contribution < 1.29 is 13.0 Å². The summed E-state index contributed by atoms with van der Waals surface area (Å²) in [5.41, 5.74) is 1.31. The zero-order chi connectivity index (χ0) is 12.6. The third kappa shape index (κ3) is 8.20. The van der Waals surface area contributed by atoms with E-state index in [2.05, 4.69) is 17.4 Å². The molecule has 0 spiro atoms. The summed E-state index contributed by atoms with van der Waals surface area (Å²) in [7, 11) is -3.33. The standard InChI is InChI=1S/C11H17NO3S2/c13-17(14,15)16-10-9-12-8-4-7-11-5-2-1-3-6-11/h1-3,5-6,12H,4,7-10H2,(H,13,14,15). The molecule has 0 saturated heterocycles. The molecule has 0 aliphatic heterocycles. The normalized spacial score (nSPS) is 11.6. The van der Waals surface area contributed by atoms with Crippen LogP contribution < -0.4 is 5.32 Å². The molecule has 0 amide bonds. The van der Waals surface area contributed by atoms with E-state index in [0.29, 0.717) is 23.1 Å². The molecule has 0 saturated carbocycles. The van der Waals surface area contributed by atoms with Gasteiger partial charge in [0, 0.05) is 12.3 Å². The summed E-state index contributed by atoms with van der Waals surface area (Å²) in [4.78, 5) is 0. The molecule has 0 aliphatic carbocycles. The second-order valence-corrected chi connectivity index (χ2v) is 7.06. The molecule has 96 valence electrons. The van der Waals surface area contributed by atoms with Crippen LogP contribution in [-0.4, -0.2) is 31.8 Å². The lowest BCUT2D eigenvalue weighted by Gasteiger charge is -2.03. The molecule has 1 rings (SSSR count). The van der Waals surface area contributed by atoms with Gasteiger partial charge in [0.15, 0.2) is 0 Å². The molecular weight excluding hydrogens is 258 g/mol. The van der Waals surface area contributed by atoms with Gasteiger partial charge in [0.05, 0.1) is 0 Å². The van der Waals surface area contributed by atoms with Gasteiger partial charge in [-0.25, -0.2) is 0 Å². The first-order chi connectivity index (χ1) is 8.08. The fraction of sp³-hybridized carbons (Fsp3) is 0.455. The van der Waals surface area contributed by atoms with Crippen LogP contribution in [-0.2, 0) is 15.6 Å². The number of benzene rings is 1. The van der Waals surface area contributed by atoms with Crippen LogP contribution in [0.25, 0.3) is 0 Å². The van der Waals surface area contributed by atoms with E-state index in [0.717, 1.165) is 19.4 Å². The van der Waals surface area contributed by atoms with Crippen LogP contribution in [0.5, 0.6) is 0 Å². The van der Waals surface area contributed by atoms with Crippen molar-refractivity contribution in [3.8, 4) is 0 Å². The highest BCUT2D eigenvalue weighted by Crippen LogP contribution is 2.07. The van der Waals surface area contributed by atoms with Gasteiger partial charge in [0.1, 0.15) is 0 Å². The summed E-state index contributed by atoms with van der Waals surface area (Å²) in [6, 6.07) is 10.2. The van der Waals surface area contributed by atoms with Gasteiger partial charge < -0.3 is 5.32 Å². The maximum atomic E-state index is 10.4. The van der Waals surface area contributed by atoms with Crippen molar-refractivity contribution in [2.45, 2.75) is 12.8 Å². The predicted octanol–water partition coefficient (Wildman–Crippen LogP) is 1.74. The van der Waals surface area contributed by atoms with E-state index in [4.69, 9.17) is 4.55 Å². The Morgan fingerprint density at radius 3 is 2.53 bits per heavy atom. The molecule has 17 heavy (non-hydrogen) atoms. The Hall–Kier alpha value is -0.560. The van der Waals surface area contributed by atoms with E-state index in [1.807, 2.05) is 18.2 Å². The third-order valence-corrected chi connectivity index (χ3v) is 4.24. The molecule has 1 aromatic carbocycles. The van der Waals surface area contributed by atoms with Crippen LogP contribution in [0.2, 0.25) is 0 Å². The monoisotopic (exact) mass is 275 g/mol. The van der Waals surface area contributed by atoms with E-state index in [-0.39, 0.29) is 0 Å². The molecule has 0 aliphatic rings. The van der Waals surface area contributed by atoms with Crippen molar-refractivity contribution in [2.24, 2.45) is 0 Å². The summed E-state index contributed by atoms with van der Waals surface area (Å²) in [5.74, 6) is 0.365. The van der Waals surface area contributed by atoms with Crippen molar-refractivity contribution in [3.63, 3.8) is 0 Å². The fourth-order valence-electron chi connectivity index (χ4n) is 1.41. The maximum Gasteiger partial charge on any atom is 0.319 e. The van der Waals surface area contributed by atoms with Crippen LogP contribution in [0, 0.1) is 0 Å². The Bertz CT molecular complexity index is 406. The minimum absolute atomic E-state index is 0.365. The first-order valence-corrected chi connectivity index (χ1v) is 8.39. The van der Waals surface area contributed by atoms with E-state index in [9.17, 15) is 8.42 Å². The second-order valence-electron chi connectivity index (χ2n) is 3.59. The highest BCUT2D eigenvalue weighted by molar-refractivity contribution is 8.69. The first kappa shape index (κ1) is 14.5. The van der Waals surface area contributed by atoms with Gasteiger partial charge in [-0.1, -0.05) is 30.3 Å². The molecule has 0 radical (unpaired) electrons. The largest absolute Gasteiger partial charge is 0.319 e. The Balaban J connectivity index is 1.99. The Morgan fingerprint density at radius 2 is 1.88 bits per heavy atom. The summed E-state index contributed by atoms with van der Waals surface area (Å²) < 4.78 is 29.3. The van der Waals surface area contributed by atoms with Crippen LogP contribution in [0.3, 0.4) is 0 Å². The number of aryl methyl sites for hydroxylation is 1. The predicted molar refractivity (Wildman–Crippen MR) is 71.6 cm³/mol. The van der Waals surface area contributed by atoms with Crippen LogP contribution in [0.15, 0.2) is 30.3 Å². The molecule has 0 unspecified atom stereocenters. The molecule has 0 bridgehead atoms. The zero-order valence-corrected chi connectivity index (χ0v) is 11.1. The van der Waals surface area contributed by atoms with E-state index >= 15 is 0 Å². The maximum absolute atomic E-state index is 10.4. The summed E-state index contributed by atoms with van der Waals surface area (Å²) in [6.07, 6.45) is 2.03. The summed E-state index contributed by atoms with van der Waals surface area (Å²) >= 11 is 0. The average Bonchev–Trinajstić information content (AvgIpc) is 2.28. The lowest BCUT2D eigenvalue weighted by Crippen LogP contribution is -2.19. The third-order valence-electron chi connectivity index (χ3n) is 2.17. The van der Waals surface area contributed by atoms with Gasteiger partial charge in [-0.2, -0.15) is 8.42 Å². The van der Waals surface area contributed by atoms with E-state index in [1.54, 1.807) is 0 Å². The molecule has 1 aromatic rings. The van der Waals surface area contributed by atoms with Crippen molar-refractivity contribution in [3.05, 3.63) is 35.9 Å². The Kier molecular flexibility index (Phi) is 6.57. The molecule has 6 heteroatoms. The molecule has 0 aromatic heterocycles. The highest BCUT2D eigenvalue weighted by Gasteiger charge is 2.03. The van der Waals surface area contributed by atoms with Crippen molar-refractivity contribution in [1.29, 1.82) is 0 Å². The minimum atomic E-state index is -3.88.